The number of rotatable bonds is 5. The number of benzene rings is 1. The molecule has 1 aromatic heterocycles. The van der Waals surface area contributed by atoms with Gasteiger partial charge in [-0.2, -0.15) is 0 Å². The lowest BCUT2D eigenvalue weighted by Crippen LogP contribution is -2.34. The summed E-state index contributed by atoms with van der Waals surface area (Å²) >= 11 is 0. The fraction of sp³-hybridized carbons (Fsp3) is 0.235. The quantitative estimate of drug-likeness (QED) is 0.825. The Balaban J connectivity index is 2.24. The molecular weight excluding hydrogens is 278 g/mol. The van der Waals surface area contributed by atoms with Crippen LogP contribution in [0.15, 0.2) is 35.1 Å². The van der Waals surface area contributed by atoms with Crippen LogP contribution in [-0.2, 0) is 6.54 Å². The molecule has 0 unspecified atom stereocenters. The third kappa shape index (κ3) is 3.56. The fourth-order valence-electron chi connectivity index (χ4n) is 2.12. The molecule has 116 valence electrons. The summed E-state index contributed by atoms with van der Waals surface area (Å²) in [5.41, 5.74) is 2.02. The zero-order valence-electron chi connectivity index (χ0n) is 12.9. The van der Waals surface area contributed by atoms with Gasteiger partial charge in [0.15, 0.2) is 0 Å². The molecule has 5 nitrogen and oxygen atoms in total. The Morgan fingerprint density at radius 3 is 2.59 bits per heavy atom. The smallest absolute Gasteiger partial charge is 0.274 e. The lowest BCUT2D eigenvalue weighted by molar-refractivity contribution is 0.267. The second kappa shape index (κ2) is 6.95. The molecule has 1 heterocycles. The standard InChI is InChI=1S/C17H21N3O2/c1-13-16(17(22)20(18-13)11-12-21)6-4-5-14-7-9-15(10-8-14)19(2)3/h4-10,18,21H,1,11-12H2,2-3H3. The number of hydrogen-bond donors (Lipinski definition) is 2. The zero-order chi connectivity index (χ0) is 16.1. The number of aliphatic hydroxyl groups excluding tert-OH is 1. The summed E-state index contributed by atoms with van der Waals surface area (Å²) in [4.78, 5) is 14.1. The average molecular weight is 299 g/mol. The van der Waals surface area contributed by atoms with E-state index in [0.717, 1.165) is 11.3 Å². The molecule has 0 radical (unpaired) electrons. The maximum atomic E-state index is 12.1. The van der Waals surface area contributed by atoms with Crippen LogP contribution >= 0.6 is 0 Å². The Labute approximate surface area is 129 Å². The van der Waals surface area contributed by atoms with Crippen molar-refractivity contribution in [2.24, 2.45) is 0 Å². The van der Waals surface area contributed by atoms with Gasteiger partial charge in [-0.15, -0.1) is 0 Å². The highest BCUT2D eigenvalue weighted by Gasteiger charge is 1.99. The molecule has 5 heteroatoms. The molecule has 0 saturated carbocycles. The molecular formula is C17H21N3O2. The average Bonchev–Trinajstić information content (AvgIpc) is 2.75. The first-order valence-corrected chi connectivity index (χ1v) is 7.07. The summed E-state index contributed by atoms with van der Waals surface area (Å²) in [7, 11) is 4.00. The van der Waals surface area contributed by atoms with Crippen molar-refractivity contribution in [2.45, 2.75) is 6.54 Å². The van der Waals surface area contributed by atoms with Crippen molar-refractivity contribution in [2.75, 3.05) is 25.6 Å². The Morgan fingerprint density at radius 2 is 2.00 bits per heavy atom. The van der Waals surface area contributed by atoms with Crippen molar-refractivity contribution < 1.29 is 5.11 Å². The number of H-pyrrole nitrogens is 1. The molecule has 2 rings (SSSR count). The lowest BCUT2D eigenvalue weighted by Gasteiger charge is -2.11. The van der Waals surface area contributed by atoms with Crippen LogP contribution in [-0.4, -0.2) is 35.6 Å². The number of nitrogens with one attached hydrogen (secondary N) is 1. The van der Waals surface area contributed by atoms with Crippen LogP contribution in [0.5, 0.6) is 0 Å². The lowest BCUT2D eigenvalue weighted by atomic mass is 10.2. The van der Waals surface area contributed by atoms with Gasteiger partial charge in [-0.05, 0) is 23.8 Å². The largest absolute Gasteiger partial charge is 0.394 e. The molecule has 0 atom stereocenters. The van der Waals surface area contributed by atoms with Gasteiger partial charge in [0.2, 0.25) is 0 Å². The number of aliphatic hydroxyl groups is 1. The minimum Gasteiger partial charge on any atom is -0.394 e. The van der Waals surface area contributed by atoms with Gasteiger partial charge in [0.25, 0.3) is 5.56 Å². The number of nitrogens with zero attached hydrogens (tertiary/aromatic N) is 2. The molecule has 2 N–H and O–H groups in total. The Bertz CT molecular complexity index is 811. The fourth-order valence-corrected chi connectivity index (χ4v) is 2.12. The van der Waals surface area contributed by atoms with Gasteiger partial charge in [-0.3, -0.25) is 9.89 Å². The van der Waals surface area contributed by atoms with E-state index in [1.165, 1.54) is 4.68 Å². The van der Waals surface area contributed by atoms with Crippen molar-refractivity contribution in [3.63, 3.8) is 0 Å². The van der Waals surface area contributed by atoms with E-state index < -0.39 is 0 Å². The van der Waals surface area contributed by atoms with Gasteiger partial charge < -0.3 is 10.0 Å². The van der Waals surface area contributed by atoms with Crippen molar-refractivity contribution in [3.05, 3.63) is 56.8 Å². The summed E-state index contributed by atoms with van der Waals surface area (Å²) < 4.78 is 1.36. The molecule has 2 aromatic rings. The number of hydrogen-bond acceptors (Lipinski definition) is 3. The van der Waals surface area contributed by atoms with Crippen LogP contribution in [0.3, 0.4) is 0 Å². The third-order valence-corrected chi connectivity index (χ3v) is 3.36. The SMILES string of the molecule is C=c1[nH]n(CCO)c(=O)c1=CC=Cc1ccc(N(C)C)cc1. The summed E-state index contributed by atoms with van der Waals surface area (Å²) in [6.07, 6.45) is 5.49. The highest BCUT2D eigenvalue weighted by atomic mass is 16.3. The molecule has 0 fully saturated rings. The molecule has 0 aliphatic heterocycles. The maximum absolute atomic E-state index is 12.1. The van der Waals surface area contributed by atoms with E-state index in [1.54, 1.807) is 6.08 Å². The first kappa shape index (κ1) is 15.9. The predicted molar refractivity (Wildman–Crippen MR) is 91.2 cm³/mol. The maximum Gasteiger partial charge on any atom is 0.274 e. The molecule has 1 aromatic carbocycles. The van der Waals surface area contributed by atoms with Gasteiger partial charge in [0.1, 0.15) is 0 Å². The monoisotopic (exact) mass is 299 g/mol. The van der Waals surface area contributed by atoms with Crippen LogP contribution in [0, 0.1) is 0 Å². The molecule has 0 aliphatic rings. The molecule has 22 heavy (non-hydrogen) atoms. The number of aromatic nitrogens is 2. The first-order valence-electron chi connectivity index (χ1n) is 7.07. The highest BCUT2D eigenvalue weighted by molar-refractivity contribution is 5.60. The molecule has 0 bridgehead atoms. The van der Waals surface area contributed by atoms with Crippen molar-refractivity contribution in [1.82, 2.24) is 9.78 Å². The second-order valence-electron chi connectivity index (χ2n) is 5.20. The van der Waals surface area contributed by atoms with Crippen molar-refractivity contribution in [3.8, 4) is 0 Å². The normalized spacial score (nSPS) is 12.2. The van der Waals surface area contributed by atoms with Crippen molar-refractivity contribution in [1.29, 1.82) is 0 Å². The summed E-state index contributed by atoms with van der Waals surface area (Å²) in [5.74, 6) is 0. The van der Waals surface area contributed by atoms with Crippen LogP contribution in [0.4, 0.5) is 5.69 Å². The van der Waals surface area contributed by atoms with Gasteiger partial charge >= 0.3 is 0 Å². The van der Waals surface area contributed by atoms with E-state index in [-0.39, 0.29) is 18.7 Å². The summed E-state index contributed by atoms with van der Waals surface area (Å²) in [5, 5.41) is 12.8. The third-order valence-electron chi connectivity index (χ3n) is 3.36. The van der Waals surface area contributed by atoms with Crippen LogP contribution in [0.2, 0.25) is 0 Å². The van der Waals surface area contributed by atoms with Gasteiger partial charge in [-0.1, -0.05) is 30.9 Å². The van der Waals surface area contributed by atoms with Crippen LogP contribution in [0.25, 0.3) is 18.7 Å². The molecule has 0 saturated heterocycles. The topological polar surface area (TPSA) is 61.3 Å². The van der Waals surface area contributed by atoms with E-state index >= 15 is 0 Å². The Kier molecular flexibility index (Phi) is 5.01. The van der Waals surface area contributed by atoms with Crippen LogP contribution in [0.1, 0.15) is 5.56 Å². The van der Waals surface area contributed by atoms with E-state index in [9.17, 15) is 4.79 Å². The van der Waals surface area contributed by atoms with Gasteiger partial charge in [0.05, 0.1) is 23.7 Å². The van der Waals surface area contributed by atoms with E-state index in [1.807, 2.05) is 55.4 Å². The molecule has 0 amide bonds. The molecule has 0 aliphatic carbocycles. The number of allylic oxidation sites excluding steroid dienone is 1. The second-order valence-corrected chi connectivity index (χ2v) is 5.20. The minimum atomic E-state index is -0.174. The van der Waals surface area contributed by atoms with Crippen LogP contribution < -0.4 is 21.0 Å². The highest BCUT2D eigenvalue weighted by Crippen LogP contribution is 2.12. The van der Waals surface area contributed by atoms with Gasteiger partial charge in [0, 0.05) is 19.8 Å². The first-order chi connectivity index (χ1) is 10.5. The molecule has 0 spiro atoms. The minimum absolute atomic E-state index is 0.0899. The van der Waals surface area contributed by atoms with E-state index in [2.05, 4.69) is 11.7 Å². The summed E-state index contributed by atoms with van der Waals surface area (Å²) in [6, 6.07) is 8.12. The Morgan fingerprint density at radius 1 is 1.32 bits per heavy atom. The number of aromatic amines is 1. The number of anilines is 1. The van der Waals surface area contributed by atoms with E-state index in [4.69, 9.17) is 5.11 Å². The van der Waals surface area contributed by atoms with Crippen molar-refractivity contribution >= 4 is 24.4 Å². The predicted octanol–water partition coefficient (Wildman–Crippen LogP) is 0.139. The zero-order valence-corrected chi connectivity index (χ0v) is 12.9. The summed E-state index contributed by atoms with van der Waals surface area (Å²) in [6.45, 7) is 3.96. The van der Waals surface area contributed by atoms with E-state index in [0.29, 0.717) is 10.6 Å². The van der Waals surface area contributed by atoms with Gasteiger partial charge in [-0.25, -0.2) is 4.68 Å². The Hall–Kier alpha value is -2.53.